The minimum absolute atomic E-state index is 0.203. The quantitative estimate of drug-likeness (QED) is 0.859. The molecule has 4 nitrogen and oxygen atoms in total. The van der Waals surface area contributed by atoms with E-state index in [0.717, 1.165) is 4.90 Å². The molecule has 0 spiro atoms. The van der Waals surface area contributed by atoms with Crippen LogP contribution in [0, 0.1) is 0 Å². The molecule has 7 heteroatoms. The molecule has 1 aromatic heterocycles. The van der Waals surface area contributed by atoms with Gasteiger partial charge in [-0.25, -0.2) is 14.8 Å². The molecule has 0 bridgehead atoms. The van der Waals surface area contributed by atoms with Crippen molar-refractivity contribution in [1.82, 2.24) is 9.97 Å². The Morgan fingerprint density at radius 3 is 2.61 bits per heavy atom. The first-order chi connectivity index (χ1) is 8.56. The molecule has 1 N–H and O–H groups in total. The van der Waals surface area contributed by atoms with Crippen LogP contribution in [0.5, 0.6) is 0 Å². The lowest BCUT2D eigenvalue weighted by molar-refractivity contribution is 0.0695. The summed E-state index contributed by atoms with van der Waals surface area (Å²) in [6, 6.07) is 5.04. The van der Waals surface area contributed by atoms with E-state index in [1.54, 1.807) is 18.2 Å². The molecule has 18 heavy (non-hydrogen) atoms. The molecule has 1 heterocycles. The van der Waals surface area contributed by atoms with E-state index in [4.69, 9.17) is 16.7 Å². The molecule has 0 aliphatic heterocycles. The third-order valence-electron chi connectivity index (χ3n) is 1.97. The fourth-order valence-electron chi connectivity index (χ4n) is 1.19. The monoisotopic (exact) mass is 344 g/mol. The van der Waals surface area contributed by atoms with Crippen molar-refractivity contribution < 1.29 is 9.90 Å². The lowest BCUT2D eigenvalue weighted by Gasteiger charge is -2.03. The molecule has 2 aromatic rings. The van der Waals surface area contributed by atoms with Gasteiger partial charge >= 0.3 is 5.97 Å². The Labute approximate surface area is 121 Å². The van der Waals surface area contributed by atoms with Crippen LogP contribution in [0.3, 0.4) is 0 Å². The topological polar surface area (TPSA) is 63.1 Å². The van der Waals surface area contributed by atoms with E-state index in [9.17, 15) is 4.79 Å². The lowest BCUT2D eigenvalue weighted by atomic mass is 10.2. The number of carbonyl (C=O) groups is 1. The molecule has 0 fully saturated rings. The maximum absolute atomic E-state index is 11.0. The molecule has 1 aromatic carbocycles. The zero-order valence-corrected chi connectivity index (χ0v) is 12.0. The largest absolute Gasteiger partial charge is 0.478 e. The zero-order chi connectivity index (χ0) is 13.1. The molecule has 0 aliphatic carbocycles. The first-order valence-corrected chi connectivity index (χ1v) is 6.73. The molecule has 0 saturated heterocycles. The van der Waals surface area contributed by atoms with Crippen molar-refractivity contribution in [2.45, 2.75) is 10.1 Å². The van der Waals surface area contributed by atoms with Crippen molar-refractivity contribution in [3.63, 3.8) is 0 Å². The van der Waals surface area contributed by atoms with Crippen molar-refractivity contribution in [3.8, 4) is 0 Å². The second kappa shape index (κ2) is 5.69. The van der Waals surface area contributed by atoms with Crippen LogP contribution >= 0.6 is 39.3 Å². The molecular weight excluding hydrogens is 340 g/mol. The number of aromatic nitrogens is 2. The van der Waals surface area contributed by atoms with Gasteiger partial charge in [0.15, 0.2) is 5.16 Å². The highest BCUT2D eigenvalue weighted by Crippen LogP contribution is 2.28. The first-order valence-electron chi connectivity index (χ1n) is 4.74. The summed E-state index contributed by atoms with van der Waals surface area (Å²) >= 11 is 10.1. The molecule has 2 rings (SSSR count). The number of rotatable bonds is 3. The minimum Gasteiger partial charge on any atom is -0.478 e. The molecule has 92 valence electrons. The molecule has 0 amide bonds. The van der Waals surface area contributed by atoms with Gasteiger partial charge in [0.25, 0.3) is 0 Å². The predicted octanol–water partition coefficient (Wildman–Crippen LogP) is 3.74. The van der Waals surface area contributed by atoms with Gasteiger partial charge in [0, 0.05) is 9.37 Å². The number of benzene rings is 1. The molecule has 0 radical (unpaired) electrons. The summed E-state index contributed by atoms with van der Waals surface area (Å²) in [6.07, 6.45) is 2.99. The smallest absolute Gasteiger partial charge is 0.336 e. The summed E-state index contributed by atoms with van der Waals surface area (Å²) < 4.78 is 0.538. The normalized spacial score (nSPS) is 10.3. The summed E-state index contributed by atoms with van der Waals surface area (Å²) in [5.41, 5.74) is 0.203. The third kappa shape index (κ3) is 3.22. The third-order valence-corrected chi connectivity index (χ3v) is 3.74. The maximum atomic E-state index is 11.0. The highest BCUT2D eigenvalue weighted by atomic mass is 79.9. The fourth-order valence-corrected chi connectivity index (χ4v) is 2.44. The van der Waals surface area contributed by atoms with Crippen LogP contribution in [0.15, 0.2) is 45.1 Å². The number of carboxylic acid groups (broad SMARTS) is 1. The summed E-state index contributed by atoms with van der Waals surface area (Å²) in [5, 5.41) is 9.98. The number of hydrogen-bond donors (Lipinski definition) is 1. The molecular formula is C11H6BrClN2O2S. The van der Waals surface area contributed by atoms with E-state index in [0.29, 0.717) is 14.7 Å². The minimum atomic E-state index is -0.985. The van der Waals surface area contributed by atoms with Gasteiger partial charge in [-0.3, -0.25) is 0 Å². The highest BCUT2D eigenvalue weighted by molar-refractivity contribution is 9.10. The van der Waals surface area contributed by atoms with Crippen LogP contribution in [0.1, 0.15) is 10.4 Å². The van der Waals surface area contributed by atoms with Crippen LogP contribution in [-0.4, -0.2) is 21.0 Å². The summed E-state index contributed by atoms with van der Waals surface area (Å²) in [4.78, 5) is 19.8. The van der Waals surface area contributed by atoms with Gasteiger partial charge in [-0.2, -0.15) is 0 Å². The van der Waals surface area contributed by atoms with E-state index >= 15 is 0 Å². The SMILES string of the molecule is O=C(O)c1cc(Sc2ncc(Cl)cn2)ccc1Br. The van der Waals surface area contributed by atoms with Crippen LogP contribution in [0.25, 0.3) is 0 Å². The molecule has 0 saturated carbocycles. The standard InChI is InChI=1S/C11H6BrClN2O2S/c12-9-2-1-7(3-8(9)10(16)17)18-11-14-4-6(13)5-15-11/h1-5H,(H,16,17). The van der Waals surface area contributed by atoms with Crippen LogP contribution in [0.2, 0.25) is 5.02 Å². The Morgan fingerprint density at radius 1 is 1.33 bits per heavy atom. The average molecular weight is 346 g/mol. The number of aromatic carboxylic acids is 1. The van der Waals surface area contributed by atoms with E-state index in [1.807, 2.05) is 0 Å². The number of nitrogens with zero attached hydrogens (tertiary/aromatic N) is 2. The molecule has 0 unspecified atom stereocenters. The highest BCUT2D eigenvalue weighted by Gasteiger charge is 2.10. The number of hydrogen-bond acceptors (Lipinski definition) is 4. The predicted molar refractivity (Wildman–Crippen MR) is 72.3 cm³/mol. The zero-order valence-electron chi connectivity index (χ0n) is 8.80. The summed E-state index contributed by atoms with van der Waals surface area (Å²) in [7, 11) is 0. The van der Waals surface area contributed by atoms with Gasteiger partial charge in [0.05, 0.1) is 23.0 Å². The summed E-state index contributed by atoms with van der Waals surface area (Å²) in [5.74, 6) is -0.985. The lowest BCUT2D eigenvalue weighted by Crippen LogP contribution is -1.97. The van der Waals surface area contributed by atoms with Gasteiger partial charge in [-0.15, -0.1) is 0 Å². The number of halogens is 2. The van der Waals surface area contributed by atoms with Crippen LogP contribution < -0.4 is 0 Å². The van der Waals surface area contributed by atoms with E-state index < -0.39 is 5.97 Å². The average Bonchev–Trinajstić information content (AvgIpc) is 2.34. The van der Waals surface area contributed by atoms with Gasteiger partial charge < -0.3 is 5.11 Å². The second-order valence-corrected chi connectivity index (χ2v) is 5.56. The molecule has 0 atom stereocenters. The van der Waals surface area contributed by atoms with Gasteiger partial charge in [0.2, 0.25) is 0 Å². The Balaban J connectivity index is 2.27. The Bertz CT molecular complexity index is 592. The van der Waals surface area contributed by atoms with Crippen molar-refractivity contribution in [3.05, 3.63) is 45.7 Å². The summed E-state index contributed by atoms with van der Waals surface area (Å²) in [6.45, 7) is 0. The van der Waals surface area contributed by atoms with Crippen LogP contribution in [-0.2, 0) is 0 Å². The molecule has 0 aliphatic rings. The van der Waals surface area contributed by atoms with Crippen molar-refractivity contribution in [2.75, 3.05) is 0 Å². The van der Waals surface area contributed by atoms with Gasteiger partial charge in [-0.05, 0) is 45.9 Å². The van der Waals surface area contributed by atoms with Gasteiger partial charge in [0.1, 0.15) is 0 Å². The van der Waals surface area contributed by atoms with Crippen molar-refractivity contribution in [2.24, 2.45) is 0 Å². The Morgan fingerprint density at radius 2 is 2.00 bits per heavy atom. The second-order valence-electron chi connectivity index (χ2n) is 3.23. The van der Waals surface area contributed by atoms with Gasteiger partial charge in [-0.1, -0.05) is 11.6 Å². The maximum Gasteiger partial charge on any atom is 0.336 e. The van der Waals surface area contributed by atoms with E-state index in [2.05, 4.69) is 25.9 Å². The van der Waals surface area contributed by atoms with Crippen molar-refractivity contribution >= 4 is 45.3 Å². The fraction of sp³-hybridized carbons (Fsp3) is 0. The van der Waals surface area contributed by atoms with E-state index in [-0.39, 0.29) is 5.56 Å². The first kappa shape index (κ1) is 13.3. The van der Waals surface area contributed by atoms with E-state index in [1.165, 1.54) is 24.2 Å². The van der Waals surface area contributed by atoms with Crippen molar-refractivity contribution in [1.29, 1.82) is 0 Å². The van der Waals surface area contributed by atoms with Crippen LogP contribution in [0.4, 0.5) is 0 Å². The Kier molecular flexibility index (Phi) is 4.21. The Hall–Kier alpha value is -1.11. The number of carboxylic acids is 1.